The van der Waals surface area contributed by atoms with Gasteiger partial charge in [-0.2, -0.15) is 0 Å². The number of nitrogens with one attached hydrogen (secondary N) is 1. The average Bonchev–Trinajstić information content (AvgIpc) is 2.41. The van der Waals surface area contributed by atoms with Crippen LogP contribution in [0, 0.1) is 5.82 Å². The van der Waals surface area contributed by atoms with E-state index in [1.165, 1.54) is 6.07 Å². The highest BCUT2D eigenvalue weighted by atomic mass is 35.5. The number of halogens is 2. The lowest BCUT2D eigenvalue weighted by Crippen LogP contribution is -2.42. The molecule has 2 nitrogen and oxygen atoms in total. The van der Waals surface area contributed by atoms with Gasteiger partial charge in [0.05, 0.1) is 11.1 Å². The van der Waals surface area contributed by atoms with Crippen LogP contribution in [-0.4, -0.2) is 25.8 Å². The molecule has 19 heavy (non-hydrogen) atoms. The van der Waals surface area contributed by atoms with Crippen LogP contribution < -0.4 is 5.32 Å². The van der Waals surface area contributed by atoms with Gasteiger partial charge in [-0.3, -0.25) is 0 Å². The Morgan fingerprint density at radius 2 is 2.11 bits per heavy atom. The van der Waals surface area contributed by atoms with E-state index in [4.69, 9.17) is 16.3 Å². The van der Waals surface area contributed by atoms with Crippen molar-refractivity contribution in [1.29, 1.82) is 0 Å². The van der Waals surface area contributed by atoms with Crippen molar-refractivity contribution in [3.05, 3.63) is 34.6 Å². The second-order valence-electron chi connectivity index (χ2n) is 4.70. The standard InChI is InChI=1S/C15H23ClFNO/c1-4-8-18-14(15(5-2)19-3)10-11-6-7-13(17)12(16)9-11/h6-7,9,14-15,18H,4-5,8,10H2,1-3H3. The van der Waals surface area contributed by atoms with E-state index in [9.17, 15) is 4.39 Å². The van der Waals surface area contributed by atoms with Gasteiger partial charge >= 0.3 is 0 Å². The third-order valence-corrected chi connectivity index (χ3v) is 3.54. The fraction of sp³-hybridized carbons (Fsp3) is 0.600. The molecule has 0 radical (unpaired) electrons. The van der Waals surface area contributed by atoms with E-state index in [0.29, 0.717) is 0 Å². The molecule has 0 heterocycles. The normalized spacial score (nSPS) is 14.4. The van der Waals surface area contributed by atoms with Gasteiger partial charge in [-0.25, -0.2) is 4.39 Å². The molecule has 0 aliphatic heterocycles. The maximum Gasteiger partial charge on any atom is 0.141 e. The zero-order valence-electron chi connectivity index (χ0n) is 11.9. The topological polar surface area (TPSA) is 21.3 Å². The Kier molecular flexibility index (Phi) is 7.36. The summed E-state index contributed by atoms with van der Waals surface area (Å²) in [6.45, 7) is 5.18. The van der Waals surface area contributed by atoms with Gasteiger partial charge in [-0.05, 0) is 43.5 Å². The van der Waals surface area contributed by atoms with Gasteiger partial charge in [0.15, 0.2) is 0 Å². The van der Waals surface area contributed by atoms with E-state index >= 15 is 0 Å². The molecule has 2 unspecified atom stereocenters. The van der Waals surface area contributed by atoms with Gasteiger partial charge in [0.25, 0.3) is 0 Å². The maximum absolute atomic E-state index is 13.2. The Morgan fingerprint density at radius 1 is 1.37 bits per heavy atom. The molecular weight excluding hydrogens is 265 g/mol. The summed E-state index contributed by atoms with van der Waals surface area (Å²) in [6, 6.07) is 5.11. The number of methoxy groups -OCH3 is 1. The van der Waals surface area contributed by atoms with E-state index in [0.717, 1.165) is 31.4 Å². The molecule has 1 N–H and O–H groups in total. The number of hydrogen-bond acceptors (Lipinski definition) is 2. The lowest BCUT2D eigenvalue weighted by atomic mass is 9.99. The van der Waals surface area contributed by atoms with Crippen molar-refractivity contribution in [2.75, 3.05) is 13.7 Å². The summed E-state index contributed by atoms with van der Waals surface area (Å²) in [5.41, 5.74) is 1.02. The lowest BCUT2D eigenvalue weighted by molar-refractivity contribution is 0.0653. The van der Waals surface area contributed by atoms with Crippen LogP contribution >= 0.6 is 11.6 Å². The van der Waals surface area contributed by atoms with Crippen LogP contribution in [-0.2, 0) is 11.2 Å². The number of rotatable bonds is 8. The predicted molar refractivity (Wildman–Crippen MR) is 78.3 cm³/mol. The average molecular weight is 288 g/mol. The van der Waals surface area contributed by atoms with Crippen LogP contribution in [0.15, 0.2) is 18.2 Å². The summed E-state index contributed by atoms with van der Waals surface area (Å²) in [4.78, 5) is 0. The summed E-state index contributed by atoms with van der Waals surface area (Å²) < 4.78 is 18.7. The number of hydrogen-bond donors (Lipinski definition) is 1. The van der Waals surface area contributed by atoms with Crippen LogP contribution in [0.25, 0.3) is 0 Å². The largest absolute Gasteiger partial charge is 0.380 e. The van der Waals surface area contributed by atoms with Crippen molar-refractivity contribution in [3.8, 4) is 0 Å². The SMILES string of the molecule is CCCNC(Cc1ccc(F)c(Cl)c1)C(CC)OC. The number of benzene rings is 1. The second kappa shape index (κ2) is 8.51. The molecule has 108 valence electrons. The van der Waals surface area contributed by atoms with Crippen LogP contribution in [0.2, 0.25) is 5.02 Å². The van der Waals surface area contributed by atoms with Crippen molar-refractivity contribution in [2.45, 2.75) is 45.3 Å². The Morgan fingerprint density at radius 3 is 2.63 bits per heavy atom. The van der Waals surface area contributed by atoms with Crippen LogP contribution in [0.4, 0.5) is 4.39 Å². The minimum Gasteiger partial charge on any atom is -0.380 e. The highest BCUT2D eigenvalue weighted by Crippen LogP contribution is 2.18. The molecule has 4 heteroatoms. The minimum atomic E-state index is -0.373. The van der Waals surface area contributed by atoms with E-state index in [-0.39, 0.29) is 23.0 Å². The third kappa shape index (κ3) is 5.09. The number of ether oxygens (including phenoxy) is 1. The Balaban J connectivity index is 2.77. The summed E-state index contributed by atoms with van der Waals surface area (Å²) >= 11 is 5.82. The molecule has 0 amide bonds. The molecule has 0 aliphatic carbocycles. The first-order valence-electron chi connectivity index (χ1n) is 6.82. The fourth-order valence-electron chi connectivity index (χ4n) is 2.20. The lowest BCUT2D eigenvalue weighted by Gasteiger charge is -2.26. The quantitative estimate of drug-likeness (QED) is 0.785. The molecule has 1 rings (SSSR count). The van der Waals surface area contributed by atoms with Crippen molar-refractivity contribution in [3.63, 3.8) is 0 Å². The summed E-state index contributed by atoms with van der Waals surface area (Å²) in [7, 11) is 1.73. The van der Waals surface area contributed by atoms with Crippen LogP contribution in [0.3, 0.4) is 0 Å². The first-order chi connectivity index (χ1) is 9.12. The summed E-state index contributed by atoms with van der Waals surface area (Å²) in [5.74, 6) is -0.373. The van der Waals surface area contributed by atoms with E-state index in [2.05, 4.69) is 19.2 Å². The molecule has 1 aromatic rings. The first-order valence-corrected chi connectivity index (χ1v) is 7.20. The Hall–Kier alpha value is -0.640. The summed E-state index contributed by atoms with van der Waals surface area (Å²) in [5, 5.41) is 3.67. The van der Waals surface area contributed by atoms with E-state index < -0.39 is 0 Å². The van der Waals surface area contributed by atoms with Crippen LogP contribution in [0.5, 0.6) is 0 Å². The molecule has 0 spiro atoms. The first kappa shape index (κ1) is 16.4. The molecular formula is C15H23ClFNO. The monoisotopic (exact) mass is 287 g/mol. The minimum absolute atomic E-state index is 0.148. The molecule has 1 aromatic carbocycles. The Bertz CT molecular complexity index is 382. The molecule has 0 fully saturated rings. The van der Waals surface area contributed by atoms with Gasteiger partial charge < -0.3 is 10.1 Å². The molecule has 0 aromatic heterocycles. The third-order valence-electron chi connectivity index (χ3n) is 3.25. The molecule has 0 saturated carbocycles. The smallest absolute Gasteiger partial charge is 0.141 e. The van der Waals surface area contributed by atoms with Gasteiger partial charge in [-0.15, -0.1) is 0 Å². The van der Waals surface area contributed by atoms with Gasteiger partial charge in [0, 0.05) is 13.2 Å². The highest BCUT2D eigenvalue weighted by molar-refractivity contribution is 6.30. The van der Waals surface area contributed by atoms with Crippen LogP contribution in [0.1, 0.15) is 32.3 Å². The van der Waals surface area contributed by atoms with E-state index in [1.807, 2.05) is 0 Å². The van der Waals surface area contributed by atoms with Crippen molar-refractivity contribution >= 4 is 11.6 Å². The maximum atomic E-state index is 13.2. The van der Waals surface area contributed by atoms with Crippen molar-refractivity contribution < 1.29 is 9.13 Å². The van der Waals surface area contributed by atoms with E-state index in [1.54, 1.807) is 19.2 Å². The molecule has 0 aliphatic rings. The zero-order valence-corrected chi connectivity index (χ0v) is 12.6. The molecule has 0 bridgehead atoms. The molecule has 2 atom stereocenters. The van der Waals surface area contributed by atoms with Gasteiger partial charge in [0.1, 0.15) is 5.82 Å². The van der Waals surface area contributed by atoms with Gasteiger partial charge in [0.2, 0.25) is 0 Å². The van der Waals surface area contributed by atoms with Gasteiger partial charge in [-0.1, -0.05) is 31.5 Å². The Labute approximate surface area is 120 Å². The zero-order chi connectivity index (χ0) is 14.3. The predicted octanol–water partition coefficient (Wildman–Crippen LogP) is 3.81. The summed E-state index contributed by atoms with van der Waals surface area (Å²) in [6.07, 6.45) is 2.94. The highest BCUT2D eigenvalue weighted by Gasteiger charge is 2.19. The van der Waals surface area contributed by atoms with Crippen molar-refractivity contribution in [1.82, 2.24) is 5.32 Å². The second-order valence-corrected chi connectivity index (χ2v) is 5.10. The van der Waals surface area contributed by atoms with Crippen molar-refractivity contribution in [2.24, 2.45) is 0 Å². The fourth-order valence-corrected chi connectivity index (χ4v) is 2.40. The molecule has 0 saturated heterocycles.